The Morgan fingerprint density at radius 3 is 2.81 bits per heavy atom. The summed E-state index contributed by atoms with van der Waals surface area (Å²) >= 11 is 5.65. The van der Waals surface area contributed by atoms with Crippen LogP contribution in [0.2, 0.25) is 0 Å². The van der Waals surface area contributed by atoms with Crippen LogP contribution in [0.25, 0.3) is 0 Å². The molecule has 7 heteroatoms. The SMILES string of the molecule is CC1(C)CCCN(S(=O)(=O)c2cnn(CCCCl)c2)CC1. The number of aromatic nitrogens is 2. The van der Waals surface area contributed by atoms with Gasteiger partial charge in [-0.3, -0.25) is 4.68 Å². The Balaban J connectivity index is 2.12. The van der Waals surface area contributed by atoms with Gasteiger partial charge in [0, 0.05) is 31.7 Å². The van der Waals surface area contributed by atoms with Crippen molar-refractivity contribution in [3.05, 3.63) is 12.4 Å². The number of rotatable bonds is 5. The van der Waals surface area contributed by atoms with Crippen LogP contribution in [0.15, 0.2) is 17.3 Å². The lowest BCUT2D eigenvalue weighted by Crippen LogP contribution is -2.32. The predicted molar refractivity (Wildman–Crippen MR) is 84.0 cm³/mol. The van der Waals surface area contributed by atoms with E-state index in [0.29, 0.717) is 25.5 Å². The van der Waals surface area contributed by atoms with Crippen molar-refractivity contribution < 1.29 is 8.42 Å². The number of hydrogen-bond donors (Lipinski definition) is 0. The van der Waals surface area contributed by atoms with Crippen molar-refractivity contribution in [1.29, 1.82) is 0 Å². The summed E-state index contributed by atoms with van der Waals surface area (Å²) in [5, 5.41) is 4.12. The van der Waals surface area contributed by atoms with Crippen LogP contribution >= 0.6 is 11.6 Å². The van der Waals surface area contributed by atoms with Crippen molar-refractivity contribution in [2.75, 3.05) is 19.0 Å². The van der Waals surface area contributed by atoms with E-state index in [1.807, 2.05) is 0 Å². The molecule has 0 saturated carbocycles. The minimum Gasteiger partial charge on any atom is -0.271 e. The Hall–Kier alpha value is -0.590. The second kappa shape index (κ2) is 6.67. The second-order valence-electron chi connectivity index (χ2n) is 6.40. The van der Waals surface area contributed by atoms with Crippen LogP contribution in [0.3, 0.4) is 0 Å². The molecule has 0 amide bonds. The molecule has 2 rings (SSSR count). The van der Waals surface area contributed by atoms with Gasteiger partial charge in [-0.2, -0.15) is 9.40 Å². The molecule has 0 atom stereocenters. The van der Waals surface area contributed by atoms with Gasteiger partial charge in [0.05, 0.1) is 6.20 Å². The largest absolute Gasteiger partial charge is 0.271 e. The van der Waals surface area contributed by atoms with Gasteiger partial charge < -0.3 is 0 Å². The average Bonchev–Trinajstić information content (AvgIpc) is 2.81. The first-order valence-electron chi connectivity index (χ1n) is 7.44. The Morgan fingerprint density at radius 1 is 1.33 bits per heavy atom. The third-order valence-corrected chi connectivity index (χ3v) is 6.19. The summed E-state index contributed by atoms with van der Waals surface area (Å²) in [4.78, 5) is 0.289. The summed E-state index contributed by atoms with van der Waals surface area (Å²) in [6, 6.07) is 0. The molecule has 1 saturated heterocycles. The first-order valence-corrected chi connectivity index (χ1v) is 9.41. The van der Waals surface area contributed by atoms with E-state index in [2.05, 4.69) is 18.9 Å². The molecule has 1 aliphatic rings. The summed E-state index contributed by atoms with van der Waals surface area (Å²) in [6.45, 7) is 6.23. The van der Waals surface area contributed by atoms with Crippen LogP contribution in [0, 0.1) is 5.41 Å². The maximum atomic E-state index is 12.7. The molecule has 1 aromatic rings. The van der Waals surface area contributed by atoms with Crippen molar-refractivity contribution >= 4 is 21.6 Å². The highest BCUT2D eigenvalue weighted by Gasteiger charge is 2.31. The van der Waals surface area contributed by atoms with E-state index < -0.39 is 10.0 Å². The van der Waals surface area contributed by atoms with Crippen molar-refractivity contribution in [3.8, 4) is 0 Å². The summed E-state index contributed by atoms with van der Waals surface area (Å²) in [5.74, 6) is 0.545. The first-order chi connectivity index (χ1) is 9.85. The summed E-state index contributed by atoms with van der Waals surface area (Å²) in [5.41, 5.74) is 0.217. The Morgan fingerprint density at radius 2 is 2.10 bits per heavy atom. The van der Waals surface area contributed by atoms with Gasteiger partial charge in [-0.15, -0.1) is 11.6 Å². The van der Waals surface area contributed by atoms with E-state index in [1.54, 1.807) is 15.2 Å². The highest BCUT2D eigenvalue weighted by atomic mass is 35.5. The molecule has 0 N–H and O–H groups in total. The zero-order chi connectivity index (χ0) is 15.5. The van der Waals surface area contributed by atoms with E-state index in [-0.39, 0.29) is 10.3 Å². The lowest BCUT2D eigenvalue weighted by molar-refractivity contribution is 0.315. The zero-order valence-electron chi connectivity index (χ0n) is 12.8. The summed E-state index contributed by atoms with van der Waals surface area (Å²) in [6.07, 6.45) is 6.70. The van der Waals surface area contributed by atoms with Crippen LogP contribution in [-0.2, 0) is 16.6 Å². The standard InChI is InChI=1S/C14H24ClN3O2S/c1-14(2)5-3-9-18(10-6-14)21(19,20)13-11-16-17(12-13)8-4-7-15/h11-12H,3-10H2,1-2H3. The third-order valence-electron chi connectivity index (χ3n) is 4.07. The Bertz CT molecular complexity index is 569. The number of halogens is 1. The molecule has 1 aliphatic heterocycles. The van der Waals surface area contributed by atoms with Gasteiger partial charge in [0.1, 0.15) is 4.90 Å². The normalized spacial score (nSPS) is 20.3. The molecule has 0 radical (unpaired) electrons. The van der Waals surface area contributed by atoms with Gasteiger partial charge in [0.25, 0.3) is 0 Å². The second-order valence-corrected chi connectivity index (χ2v) is 8.72. The Kier molecular flexibility index (Phi) is 5.33. The average molecular weight is 334 g/mol. The molecule has 120 valence electrons. The maximum Gasteiger partial charge on any atom is 0.246 e. The molecule has 1 aromatic heterocycles. The highest BCUT2D eigenvalue weighted by molar-refractivity contribution is 7.89. The van der Waals surface area contributed by atoms with Crippen LogP contribution in [0.1, 0.15) is 39.5 Å². The number of aryl methyl sites for hydroxylation is 1. The third kappa shape index (κ3) is 4.20. The smallest absolute Gasteiger partial charge is 0.246 e. The highest BCUT2D eigenvalue weighted by Crippen LogP contribution is 2.31. The molecule has 1 fully saturated rings. The molecule has 0 unspecified atom stereocenters. The van der Waals surface area contributed by atoms with E-state index in [0.717, 1.165) is 25.7 Å². The summed E-state index contributed by atoms with van der Waals surface area (Å²) in [7, 11) is -3.42. The molecule has 0 bridgehead atoms. The number of hydrogen-bond acceptors (Lipinski definition) is 3. The molecular formula is C14H24ClN3O2S. The molecule has 5 nitrogen and oxygen atoms in total. The molecule has 0 spiro atoms. The fourth-order valence-electron chi connectivity index (χ4n) is 2.61. The quantitative estimate of drug-likeness (QED) is 0.778. The van der Waals surface area contributed by atoms with E-state index in [1.165, 1.54) is 6.20 Å². The van der Waals surface area contributed by atoms with Crippen LogP contribution in [-0.4, -0.2) is 41.5 Å². The minimum absolute atomic E-state index is 0.217. The topological polar surface area (TPSA) is 55.2 Å². The van der Waals surface area contributed by atoms with Crippen LogP contribution in [0.5, 0.6) is 0 Å². The fourth-order valence-corrected chi connectivity index (χ4v) is 4.16. The van der Waals surface area contributed by atoms with E-state index >= 15 is 0 Å². The predicted octanol–water partition coefficient (Wildman–Crippen LogP) is 2.71. The molecule has 2 heterocycles. The number of nitrogens with zero attached hydrogens (tertiary/aromatic N) is 3. The Labute approximate surface area is 132 Å². The van der Waals surface area contributed by atoms with Gasteiger partial charge in [-0.25, -0.2) is 8.42 Å². The van der Waals surface area contributed by atoms with Crippen LogP contribution < -0.4 is 0 Å². The van der Waals surface area contributed by atoms with Crippen LogP contribution in [0.4, 0.5) is 0 Å². The maximum absolute atomic E-state index is 12.7. The molecule has 0 aromatic carbocycles. The van der Waals surface area contributed by atoms with Gasteiger partial charge in [0.15, 0.2) is 0 Å². The van der Waals surface area contributed by atoms with Crippen molar-refractivity contribution in [3.63, 3.8) is 0 Å². The lowest BCUT2D eigenvalue weighted by Gasteiger charge is -2.22. The van der Waals surface area contributed by atoms with Crippen molar-refractivity contribution in [2.45, 2.75) is 51.0 Å². The van der Waals surface area contributed by atoms with Gasteiger partial charge in [-0.05, 0) is 31.1 Å². The zero-order valence-corrected chi connectivity index (χ0v) is 14.3. The summed E-state index contributed by atoms with van der Waals surface area (Å²) < 4.78 is 28.6. The fraction of sp³-hybridized carbons (Fsp3) is 0.786. The number of sulfonamides is 1. The van der Waals surface area contributed by atoms with Gasteiger partial charge in [-0.1, -0.05) is 13.8 Å². The lowest BCUT2D eigenvalue weighted by atomic mass is 9.85. The monoisotopic (exact) mass is 333 g/mol. The van der Waals surface area contributed by atoms with E-state index in [9.17, 15) is 8.42 Å². The molecular weight excluding hydrogens is 310 g/mol. The van der Waals surface area contributed by atoms with Crippen molar-refractivity contribution in [2.24, 2.45) is 5.41 Å². The van der Waals surface area contributed by atoms with Gasteiger partial charge in [0.2, 0.25) is 10.0 Å². The van der Waals surface area contributed by atoms with Crippen molar-refractivity contribution in [1.82, 2.24) is 14.1 Å². The number of alkyl halides is 1. The molecule has 21 heavy (non-hydrogen) atoms. The first kappa shape index (κ1) is 16.8. The molecule has 0 aliphatic carbocycles. The van der Waals surface area contributed by atoms with E-state index in [4.69, 9.17) is 11.6 Å². The van der Waals surface area contributed by atoms with Gasteiger partial charge >= 0.3 is 0 Å². The minimum atomic E-state index is -3.42.